The molecular formula is C11H21N3Si. The number of benzene rings is 1. The van der Waals surface area contributed by atoms with E-state index < -0.39 is 0 Å². The van der Waals surface area contributed by atoms with Gasteiger partial charge >= 0.3 is 0 Å². The molecule has 0 unspecified atom stereocenters. The van der Waals surface area contributed by atoms with Gasteiger partial charge in [-0.1, -0.05) is 32.0 Å². The molecule has 0 aliphatic rings. The van der Waals surface area contributed by atoms with Crippen molar-refractivity contribution >= 4 is 16.1 Å². The SMILES string of the molecule is CCNC(NCC)c1ccccc1N[SiH3]. The van der Waals surface area contributed by atoms with Crippen molar-refractivity contribution in [2.24, 2.45) is 0 Å². The number of anilines is 1. The van der Waals surface area contributed by atoms with Crippen molar-refractivity contribution < 1.29 is 0 Å². The van der Waals surface area contributed by atoms with Crippen LogP contribution in [-0.2, 0) is 0 Å². The number of nitrogens with one attached hydrogen (secondary N) is 3. The van der Waals surface area contributed by atoms with Gasteiger partial charge in [-0.25, -0.2) is 0 Å². The maximum absolute atomic E-state index is 3.44. The van der Waals surface area contributed by atoms with Gasteiger partial charge in [0, 0.05) is 11.3 Å². The molecule has 1 aromatic rings. The smallest absolute Gasteiger partial charge is 0.104 e. The molecule has 0 saturated heterocycles. The van der Waals surface area contributed by atoms with Crippen LogP contribution in [0.15, 0.2) is 24.3 Å². The molecule has 0 amide bonds. The van der Waals surface area contributed by atoms with Crippen LogP contribution in [-0.4, -0.2) is 23.5 Å². The summed E-state index contributed by atoms with van der Waals surface area (Å²) in [4.78, 5) is 3.35. The lowest BCUT2D eigenvalue weighted by Crippen LogP contribution is -2.34. The summed E-state index contributed by atoms with van der Waals surface area (Å²) in [5.41, 5.74) is 2.53. The maximum Gasteiger partial charge on any atom is 0.104 e. The standard InChI is InChI=1S/C11H21N3Si/c1-3-12-11(13-4-2)9-7-5-6-8-10(9)14-15/h5-8,11-14H,3-4H2,1-2,15H3. The summed E-state index contributed by atoms with van der Waals surface area (Å²) < 4.78 is 0. The van der Waals surface area contributed by atoms with Crippen LogP contribution in [0.3, 0.4) is 0 Å². The van der Waals surface area contributed by atoms with E-state index in [2.05, 4.69) is 53.7 Å². The Balaban J connectivity index is 2.88. The van der Waals surface area contributed by atoms with Crippen LogP contribution in [0.5, 0.6) is 0 Å². The molecule has 0 bridgehead atoms. The molecule has 0 aliphatic heterocycles. The quantitative estimate of drug-likeness (QED) is 0.488. The lowest BCUT2D eigenvalue weighted by atomic mass is 10.1. The second kappa shape index (κ2) is 6.61. The Morgan fingerprint density at radius 2 is 1.73 bits per heavy atom. The van der Waals surface area contributed by atoms with E-state index in [4.69, 9.17) is 0 Å². The molecule has 0 saturated carbocycles. The molecule has 1 aromatic carbocycles. The minimum Gasteiger partial charge on any atom is -0.418 e. The molecule has 0 spiro atoms. The fourth-order valence-corrected chi connectivity index (χ4v) is 2.13. The Kier molecular flexibility index (Phi) is 5.38. The minimum absolute atomic E-state index is 0.248. The first kappa shape index (κ1) is 12.2. The van der Waals surface area contributed by atoms with Gasteiger partial charge in [0.15, 0.2) is 0 Å². The van der Waals surface area contributed by atoms with Crippen molar-refractivity contribution in [3.05, 3.63) is 29.8 Å². The Morgan fingerprint density at radius 1 is 1.13 bits per heavy atom. The fraction of sp³-hybridized carbons (Fsp3) is 0.455. The molecule has 0 radical (unpaired) electrons. The molecule has 0 atom stereocenters. The van der Waals surface area contributed by atoms with Crippen molar-refractivity contribution in [3.8, 4) is 0 Å². The first-order valence-corrected chi connectivity index (χ1v) is 6.56. The van der Waals surface area contributed by atoms with E-state index in [9.17, 15) is 0 Å². The van der Waals surface area contributed by atoms with Crippen LogP contribution in [0.4, 0.5) is 5.69 Å². The van der Waals surface area contributed by atoms with E-state index in [0.717, 1.165) is 23.5 Å². The number of hydrogen-bond donors (Lipinski definition) is 3. The summed E-state index contributed by atoms with van der Waals surface area (Å²) in [7, 11) is 0.974. The van der Waals surface area contributed by atoms with Crippen LogP contribution in [0, 0.1) is 0 Å². The summed E-state index contributed by atoms with van der Waals surface area (Å²) in [6.45, 7) is 6.18. The topological polar surface area (TPSA) is 36.1 Å². The van der Waals surface area contributed by atoms with Gasteiger partial charge in [0.2, 0.25) is 0 Å². The Labute approximate surface area is 95.2 Å². The maximum atomic E-state index is 3.44. The van der Waals surface area contributed by atoms with Crippen LogP contribution in [0.2, 0.25) is 0 Å². The highest BCUT2D eigenvalue weighted by Crippen LogP contribution is 2.20. The molecule has 1 rings (SSSR count). The van der Waals surface area contributed by atoms with Gasteiger partial charge in [-0.15, -0.1) is 0 Å². The van der Waals surface area contributed by atoms with E-state index in [1.807, 2.05) is 0 Å². The number of hydrogen-bond acceptors (Lipinski definition) is 3. The summed E-state index contributed by atoms with van der Waals surface area (Å²) >= 11 is 0. The highest BCUT2D eigenvalue weighted by Gasteiger charge is 2.11. The molecule has 0 aliphatic carbocycles. The summed E-state index contributed by atoms with van der Waals surface area (Å²) in [6.07, 6.45) is 0.248. The van der Waals surface area contributed by atoms with E-state index in [1.165, 1.54) is 11.3 Å². The van der Waals surface area contributed by atoms with Gasteiger partial charge in [-0.2, -0.15) is 0 Å². The predicted molar refractivity (Wildman–Crippen MR) is 70.1 cm³/mol. The van der Waals surface area contributed by atoms with Crippen molar-refractivity contribution in [1.82, 2.24) is 10.6 Å². The average Bonchev–Trinajstić information content (AvgIpc) is 2.29. The van der Waals surface area contributed by atoms with E-state index >= 15 is 0 Å². The van der Waals surface area contributed by atoms with E-state index in [-0.39, 0.29) is 6.17 Å². The molecule has 4 heteroatoms. The second-order valence-corrected chi connectivity index (χ2v) is 3.89. The zero-order chi connectivity index (χ0) is 11.1. The van der Waals surface area contributed by atoms with Crippen molar-refractivity contribution in [2.45, 2.75) is 20.0 Å². The van der Waals surface area contributed by atoms with Gasteiger partial charge in [0.05, 0.1) is 6.17 Å². The van der Waals surface area contributed by atoms with Crippen molar-refractivity contribution in [2.75, 3.05) is 18.1 Å². The van der Waals surface area contributed by atoms with Crippen LogP contribution in [0.25, 0.3) is 0 Å². The molecule has 3 N–H and O–H groups in total. The normalized spacial score (nSPS) is 10.9. The summed E-state index contributed by atoms with van der Waals surface area (Å²) in [6, 6.07) is 8.44. The van der Waals surface area contributed by atoms with Crippen LogP contribution in [0.1, 0.15) is 25.6 Å². The highest BCUT2D eigenvalue weighted by atomic mass is 28.2. The first-order valence-electron chi connectivity index (χ1n) is 5.56. The first-order chi connectivity index (χ1) is 7.33. The highest BCUT2D eigenvalue weighted by molar-refractivity contribution is 6.16. The zero-order valence-corrected chi connectivity index (χ0v) is 11.8. The average molecular weight is 223 g/mol. The summed E-state index contributed by atoms with van der Waals surface area (Å²) in [5.74, 6) is 0. The predicted octanol–water partition coefficient (Wildman–Crippen LogP) is 0.596. The van der Waals surface area contributed by atoms with Crippen molar-refractivity contribution in [3.63, 3.8) is 0 Å². The molecule has 0 heterocycles. The molecule has 84 valence electrons. The lowest BCUT2D eigenvalue weighted by molar-refractivity contribution is 0.463. The third-order valence-corrected chi connectivity index (χ3v) is 2.90. The van der Waals surface area contributed by atoms with Crippen LogP contribution < -0.4 is 15.6 Å². The van der Waals surface area contributed by atoms with Gasteiger partial charge in [-0.3, -0.25) is 10.6 Å². The van der Waals surface area contributed by atoms with Gasteiger partial charge in [0.25, 0.3) is 0 Å². The number of rotatable bonds is 6. The Morgan fingerprint density at radius 3 is 2.27 bits per heavy atom. The molecule has 15 heavy (non-hydrogen) atoms. The summed E-state index contributed by atoms with van der Waals surface area (Å²) in [5, 5.41) is 6.88. The van der Waals surface area contributed by atoms with E-state index in [0.29, 0.717) is 0 Å². The molecule has 0 fully saturated rings. The molecule has 3 nitrogen and oxygen atoms in total. The van der Waals surface area contributed by atoms with Gasteiger partial charge in [-0.05, 0) is 19.2 Å². The largest absolute Gasteiger partial charge is 0.418 e. The van der Waals surface area contributed by atoms with Gasteiger partial charge in [0.1, 0.15) is 10.4 Å². The Bertz CT molecular complexity index is 285. The third kappa shape index (κ3) is 3.34. The monoisotopic (exact) mass is 223 g/mol. The Hall–Kier alpha value is -0.843. The molecular weight excluding hydrogens is 202 g/mol. The minimum atomic E-state index is 0.248. The van der Waals surface area contributed by atoms with Crippen molar-refractivity contribution in [1.29, 1.82) is 0 Å². The van der Waals surface area contributed by atoms with Gasteiger partial charge < -0.3 is 4.98 Å². The number of para-hydroxylation sites is 1. The zero-order valence-electron chi connectivity index (χ0n) is 9.80. The lowest BCUT2D eigenvalue weighted by Gasteiger charge is -2.21. The fourth-order valence-electron chi connectivity index (χ4n) is 1.68. The second-order valence-electron chi connectivity index (χ2n) is 3.39. The van der Waals surface area contributed by atoms with Crippen LogP contribution >= 0.6 is 0 Å². The molecule has 0 aromatic heterocycles. The van der Waals surface area contributed by atoms with E-state index in [1.54, 1.807) is 0 Å². The third-order valence-electron chi connectivity index (χ3n) is 2.36.